The fraction of sp³-hybridized carbons (Fsp3) is 0.357. The normalized spacial score (nSPS) is 12.7. The monoisotopic (exact) mass is 214 g/mol. The first-order chi connectivity index (χ1) is 7.74. The Labute approximate surface area is 97.0 Å². The fourth-order valence-corrected chi connectivity index (χ4v) is 1.95. The van der Waals surface area contributed by atoms with Gasteiger partial charge in [-0.1, -0.05) is 44.2 Å². The zero-order valence-electron chi connectivity index (χ0n) is 10.1. The van der Waals surface area contributed by atoms with Crippen molar-refractivity contribution in [2.24, 2.45) is 7.05 Å². The summed E-state index contributed by atoms with van der Waals surface area (Å²) in [6, 6.07) is 10.3. The molecule has 0 bridgehead atoms. The van der Waals surface area contributed by atoms with Crippen molar-refractivity contribution in [1.29, 1.82) is 0 Å². The average Bonchev–Trinajstić information content (AvgIpc) is 2.71. The Morgan fingerprint density at radius 1 is 1.25 bits per heavy atom. The molecule has 1 aromatic heterocycles. The van der Waals surface area contributed by atoms with Gasteiger partial charge in [0, 0.05) is 24.5 Å². The molecule has 1 unspecified atom stereocenters. The van der Waals surface area contributed by atoms with Crippen molar-refractivity contribution in [2.75, 3.05) is 0 Å². The topological polar surface area (TPSA) is 17.8 Å². The molecule has 0 aliphatic rings. The van der Waals surface area contributed by atoms with Crippen LogP contribution in [0.15, 0.2) is 36.5 Å². The summed E-state index contributed by atoms with van der Waals surface area (Å²) in [5.74, 6) is 1.62. The summed E-state index contributed by atoms with van der Waals surface area (Å²) in [7, 11) is 2.09. The summed E-state index contributed by atoms with van der Waals surface area (Å²) < 4.78 is 2.20. The molecule has 1 atom stereocenters. The molecule has 0 aliphatic heterocycles. The number of imidazole rings is 1. The summed E-state index contributed by atoms with van der Waals surface area (Å²) in [5.41, 5.74) is 2.49. The van der Waals surface area contributed by atoms with Gasteiger partial charge in [-0.25, -0.2) is 4.98 Å². The molecular formula is C14H18N2. The molecule has 0 aliphatic carbocycles. The summed E-state index contributed by atoms with van der Waals surface area (Å²) >= 11 is 0. The van der Waals surface area contributed by atoms with E-state index in [1.165, 1.54) is 11.3 Å². The second-order valence-electron chi connectivity index (χ2n) is 4.24. The van der Waals surface area contributed by atoms with E-state index in [9.17, 15) is 0 Å². The lowest BCUT2D eigenvalue weighted by Crippen LogP contribution is -2.01. The number of rotatable bonds is 3. The van der Waals surface area contributed by atoms with Gasteiger partial charge in [0.25, 0.3) is 0 Å². The van der Waals surface area contributed by atoms with Crippen molar-refractivity contribution in [3.63, 3.8) is 0 Å². The van der Waals surface area contributed by atoms with E-state index >= 15 is 0 Å². The van der Waals surface area contributed by atoms with Crippen LogP contribution in [-0.2, 0) is 7.05 Å². The smallest absolute Gasteiger partial charge is 0.139 e. The molecular weight excluding hydrogens is 196 g/mol. The molecule has 0 spiro atoms. The van der Waals surface area contributed by atoms with Crippen molar-refractivity contribution in [3.8, 4) is 11.4 Å². The minimum Gasteiger partial charge on any atom is -0.331 e. The number of benzene rings is 1. The van der Waals surface area contributed by atoms with Crippen molar-refractivity contribution >= 4 is 0 Å². The molecule has 2 heteroatoms. The van der Waals surface area contributed by atoms with Gasteiger partial charge in [0.05, 0.1) is 0 Å². The highest BCUT2D eigenvalue weighted by molar-refractivity contribution is 5.55. The SMILES string of the molecule is CCC(C)c1cnc(-c2ccccc2)n1C. The lowest BCUT2D eigenvalue weighted by molar-refractivity contribution is 0.668. The number of aromatic nitrogens is 2. The molecule has 0 radical (unpaired) electrons. The average molecular weight is 214 g/mol. The molecule has 16 heavy (non-hydrogen) atoms. The third kappa shape index (κ3) is 1.87. The fourth-order valence-electron chi connectivity index (χ4n) is 1.95. The highest BCUT2D eigenvalue weighted by Gasteiger charge is 2.12. The Hall–Kier alpha value is -1.57. The Morgan fingerprint density at radius 2 is 1.94 bits per heavy atom. The van der Waals surface area contributed by atoms with Crippen LogP contribution in [0.1, 0.15) is 31.9 Å². The first-order valence-electron chi connectivity index (χ1n) is 5.81. The summed E-state index contributed by atoms with van der Waals surface area (Å²) in [5, 5.41) is 0. The van der Waals surface area contributed by atoms with Gasteiger partial charge < -0.3 is 4.57 Å². The molecule has 84 valence electrons. The zero-order valence-corrected chi connectivity index (χ0v) is 10.1. The maximum atomic E-state index is 4.52. The Balaban J connectivity index is 2.41. The predicted molar refractivity (Wildman–Crippen MR) is 67.4 cm³/mol. The quantitative estimate of drug-likeness (QED) is 0.763. The van der Waals surface area contributed by atoms with Gasteiger partial charge in [0.2, 0.25) is 0 Å². The van der Waals surface area contributed by atoms with Crippen LogP contribution in [0, 0.1) is 0 Å². The van der Waals surface area contributed by atoms with E-state index in [-0.39, 0.29) is 0 Å². The minimum atomic E-state index is 0.565. The maximum absolute atomic E-state index is 4.52. The first-order valence-corrected chi connectivity index (χ1v) is 5.81. The predicted octanol–water partition coefficient (Wildman–Crippen LogP) is 3.60. The highest BCUT2D eigenvalue weighted by atomic mass is 15.1. The summed E-state index contributed by atoms with van der Waals surface area (Å²) in [6.07, 6.45) is 3.14. The Kier molecular flexibility index (Phi) is 3.09. The van der Waals surface area contributed by atoms with Crippen molar-refractivity contribution in [1.82, 2.24) is 9.55 Å². The van der Waals surface area contributed by atoms with Crippen LogP contribution in [0.4, 0.5) is 0 Å². The van der Waals surface area contributed by atoms with E-state index in [0.29, 0.717) is 5.92 Å². The van der Waals surface area contributed by atoms with Gasteiger partial charge in [-0.15, -0.1) is 0 Å². The Morgan fingerprint density at radius 3 is 2.56 bits per heavy atom. The van der Waals surface area contributed by atoms with Gasteiger partial charge >= 0.3 is 0 Å². The molecule has 2 nitrogen and oxygen atoms in total. The van der Waals surface area contributed by atoms with Crippen LogP contribution in [0.2, 0.25) is 0 Å². The van der Waals surface area contributed by atoms with Crippen LogP contribution in [0.5, 0.6) is 0 Å². The largest absolute Gasteiger partial charge is 0.331 e. The molecule has 2 aromatic rings. The number of hydrogen-bond acceptors (Lipinski definition) is 1. The number of hydrogen-bond donors (Lipinski definition) is 0. The van der Waals surface area contributed by atoms with E-state index in [2.05, 4.69) is 42.6 Å². The van der Waals surface area contributed by atoms with Crippen molar-refractivity contribution < 1.29 is 0 Å². The molecule has 0 amide bonds. The van der Waals surface area contributed by atoms with Gasteiger partial charge in [0.1, 0.15) is 5.82 Å². The van der Waals surface area contributed by atoms with E-state index in [0.717, 1.165) is 12.2 Å². The highest BCUT2D eigenvalue weighted by Crippen LogP contribution is 2.24. The molecule has 1 heterocycles. The van der Waals surface area contributed by atoms with Crippen LogP contribution < -0.4 is 0 Å². The van der Waals surface area contributed by atoms with E-state index in [1.54, 1.807) is 0 Å². The molecule has 0 N–H and O–H groups in total. The van der Waals surface area contributed by atoms with Crippen molar-refractivity contribution in [3.05, 3.63) is 42.2 Å². The van der Waals surface area contributed by atoms with Gasteiger partial charge in [-0.3, -0.25) is 0 Å². The first kappa shape index (κ1) is 10.9. The summed E-state index contributed by atoms with van der Waals surface area (Å²) in [6.45, 7) is 4.45. The zero-order chi connectivity index (χ0) is 11.5. The lowest BCUT2D eigenvalue weighted by Gasteiger charge is -2.10. The second-order valence-corrected chi connectivity index (χ2v) is 4.24. The molecule has 2 rings (SSSR count). The maximum Gasteiger partial charge on any atom is 0.139 e. The molecule has 0 fully saturated rings. The third-order valence-electron chi connectivity index (χ3n) is 3.17. The Bertz CT molecular complexity index is 457. The second kappa shape index (κ2) is 4.52. The molecule has 0 saturated heterocycles. The van der Waals surface area contributed by atoms with Gasteiger partial charge in [-0.05, 0) is 12.3 Å². The number of nitrogens with zero attached hydrogens (tertiary/aromatic N) is 2. The third-order valence-corrected chi connectivity index (χ3v) is 3.17. The van der Waals surface area contributed by atoms with Gasteiger partial charge in [0.15, 0.2) is 0 Å². The minimum absolute atomic E-state index is 0.565. The summed E-state index contributed by atoms with van der Waals surface area (Å²) in [4.78, 5) is 4.52. The van der Waals surface area contributed by atoms with E-state index in [4.69, 9.17) is 0 Å². The van der Waals surface area contributed by atoms with E-state index in [1.807, 2.05) is 24.4 Å². The van der Waals surface area contributed by atoms with Crippen LogP contribution in [-0.4, -0.2) is 9.55 Å². The van der Waals surface area contributed by atoms with Crippen LogP contribution in [0.25, 0.3) is 11.4 Å². The van der Waals surface area contributed by atoms with Gasteiger partial charge in [-0.2, -0.15) is 0 Å². The van der Waals surface area contributed by atoms with E-state index < -0.39 is 0 Å². The van der Waals surface area contributed by atoms with Crippen molar-refractivity contribution in [2.45, 2.75) is 26.2 Å². The molecule has 0 saturated carbocycles. The van der Waals surface area contributed by atoms with Crippen LogP contribution in [0.3, 0.4) is 0 Å². The standard InChI is InChI=1S/C14H18N2/c1-4-11(2)13-10-15-14(16(13)3)12-8-6-5-7-9-12/h5-11H,4H2,1-3H3. The molecule has 1 aromatic carbocycles. The van der Waals surface area contributed by atoms with Crippen LogP contribution >= 0.6 is 0 Å². The lowest BCUT2D eigenvalue weighted by atomic mass is 10.1.